The maximum Gasteiger partial charge on any atom is 0.0673 e. The van der Waals surface area contributed by atoms with Gasteiger partial charge in [-0.25, -0.2) is 0 Å². The minimum Gasteiger partial charge on any atom is -0.377 e. The Morgan fingerprint density at radius 3 is 2.88 bits per heavy atom. The zero-order valence-electron chi connectivity index (χ0n) is 11.0. The number of hydrogen-bond donors (Lipinski definition) is 1. The molecule has 17 heavy (non-hydrogen) atoms. The van der Waals surface area contributed by atoms with E-state index in [9.17, 15) is 0 Å². The first-order valence-electron chi connectivity index (χ1n) is 7.33. The third-order valence-corrected chi connectivity index (χ3v) is 5.16. The van der Waals surface area contributed by atoms with Gasteiger partial charge < -0.3 is 15.4 Å². The van der Waals surface area contributed by atoms with Crippen molar-refractivity contribution in [1.29, 1.82) is 0 Å². The predicted molar refractivity (Wildman–Crippen MR) is 68.8 cm³/mol. The van der Waals surface area contributed by atoms with Gasteiger partial charge in [0, 0.05) is 32.3 Å². The van der Waals surface area contributed by atoms with Crippen LogP contribution in [-0.2, 0) is 4.74 Å². The van der Waals surface area contributed by atoms with Gasteiger partial charge in [0.25, 0.3) is 0 Å². The second-order valence-electron chi connectivity index (χ2n) is 6.37. The highest BCUT2D eigenvalue weighted by molar-refractivity contribution is 5.00. The Morgan fingerprint density at radius 2 is 2.12 bits per heavy atom. The normalized spacial score (nSPS) is 47.3. The summed E-state index contributed by atoms with van der Waals surface area (Å²) in [7, 11) is 0. The molecule has 1 heterocycles. The average molecular weight is 238 g/mol. The van der Waals surface area contributed by atoms with E-state index >= 15 is 0 Å². The fraction of sp³-hybridized carbons (Fsp3) is 1.00. The summed E-state index contributed by atoms with van der Waals surface area (Å²) in [6.45, 7) is 6.64. The molecule has 3 fully saturated rings. The van der Waals surface area contributed by atoms with Gasteiger partial charge in [-0.1, -0.05) is 0 Å². The standard InChI is InChI=1S/C14H26N2O/c1-10-8-16(5-2-6-17-10)9-13-11-3-4-12(7-11)14(13)15/h10-14H,2-9,15H2,1H3. The zero-order valence-corrected chi connectivity index (χ0v) is 11.0. The Labute approximate surface area is 105 Å². The number of ether oxygens (including phenoxy) is 1. The molecule has 3 aliphatic rings. The highest BCUT2D eigenvalue weighted by atomic mass is 16.5. The Bertz CT molecular complexity index is 269. The summed E-state index contributed by atoms with van der Waals surface area (Å²) in [5.74, 6) is 2.53. The molecule has 0 aromatic heterocycles. The van der Waals surface area contributed by atoms with Crippen LogP contribution >= 0.6 is 0 Å². The molecule has 2 N–H and O–H groups in total. The molecule has 2 bridgehead atoms. The highest BCUT2D eigenvalue weighted by Crippen LogP contribution is 2.47. The van der Waals surface area contributed by atoms with E-state index in [4.69, 9.17) is 10.5 Å². The Kier molecular flexibility index (Phi) is 3.42. The summed E-state index contributed by atoms with van der Waals surface area (Å²) in [6, 6.07) is 0.480. The molecule has 3 rings (SSSR count). The SMILES string of the molecule is CC1CN(CC2C3CCC(C3)C2N)CCCO1. The van der Waals surface area contributed by atoms with Gasteiger partial charge in [0.1, 0.15) is 0 Å². The van der Waals surface area contributed by atoms with Crippen LogP contribution in [0, 0.1) is 17.8 Å². The van der Waals surface area contributed by atoms with Crippen LogP contribution in [0.1, 0.15) is 32.6 Å². The van der Waals surface area contributed by atoms with Gasteiger partial charge in [0.15, 0.2) is 0 Å². The van der Waals surface area contributed by atoms with Crippen LogP contribution < -0.4 is 5.73 Å². The van der Waals surface area contributed by atoms with E-state index in [-0.39, 0.29) is 0 Å². The fourth-order valence-corrected chi connectivity index (χ4v) is 4.27. The third kappa shape index (κ3) is 2.38. The van der Waals surface area contributed by atoms with E-state index < -0.39 is 0 Å². The highest BCUT2D eigenvalue weighted by Gasteiger charge is 2.46. The molecular weight excluding hydrogens is 212 g/mol. The van der Waals surface area contributed by atoms with Crippen LogP contribution in [0.4, 0.5) is 0 Å². The molecule has 1 saturated heterocycles. The fourth-order valence-electron chi connectivity index (χ4n) is 4.27. The predicted octanol–water partition coefficient (Wildman–Crippen LogP) is 1.47. The lowest BCUT2D eigenvalue weighted by molar-refractivity contribution is 0.0627. The van der Waals surface area contributed by atoms with E-state index in [1.165, 1.54) is 38.8 Å². The van der Waals surface area contributed by atoms with Crippen LogP contribution in [0.25, 0.3) is 0 Å². The van der Waals surface area contributed by atoms with Gasteiger partial charge in [0.05, 0.1) is 6.10 Å². The summed E-state index contributed by atoms with van der Waals surface area (Å²) < 4.78 is 5.71. The van der Waals surface area contributed by atoms with Gasteiger partial charge >= 0.3 is 0 Å². The van der Waals surface area contributed by atoms with Crippen molar-refractivity contribution in [2.45, 2.75) is 44.8 Å². The van der Waals surface area contributed by atoms with Crippen LogP contribution in [0.5, 0.6) is 0 Å². The summed E-state index contributed by atoms with van der Waals surface area (Å²) in [6.07, 6.45) is 5.81. The first kappa shape index (κ1) is 11.9. The molecule has 5 atom stereocenters. The quantitative estimate of drug-likeness (QED) is 0.792. The van der Waals surface area contributed by atoms with Gasteiger partial charge in [-0.2, -0.15) is 0 Å². The molecule has 2 saturated carbocycles. The van der Waals surface area contributed by atoms with Crippen molar-refractivity contribution < 1.29 is 4.74 Å². The number of nitrogens with zero attached hydrogens (tertiary/aromatic N) is 1. The van der Waals surface area contributed by atoms with E-state index in [1.54, 1.807) is 0 Å². The Morgan fingerprint density at radius 1 is 1.29 bits per heavy atom. The van der Waals surface area contributed by atoms with E-state index in [0.717, 1.165) is 30.9 Å². The molecule has 2 aliphatic carbocycles. The topological polar surface area (TPSA) is 38.5 Å². The van der Waals surface area contributed by atoms with Gasteiger partial charge in [-0.15, -0.1) is 0 Å². The van der Waals surface area contributed by atoms with Gasteiger partial charge in [-0.05, 0) is 50.4 Å². The second kappa shape index (κ2) is 4.87. The molecule has 0 amide bonds. The summed E-state index contributed by atoms with van der Waals surface area (Å²) >= 11 is 0. The van der Waals surface area contributed by atoms with Crippen LogP contribution in [0.3, 0.4) is 0 Å². The molecule has 3 heteroatoms. The second-order valence-corrected chi connectivity index (χ2v) is 6.37. The molecule has 5 unspecified atom stereocenters. The van der Waals surface area contributed by atoms with E-state index in [0.29, 0.717) is 12.1 Å². The first-order valence-corrected chi connectivity index (χ1v) is 7.33. The molecule has 1 aliphatic heterocycles. The first-order chi connectivity index (χ1) is 8.24. The smallest absolute Gasteiger partial charge is 0.0673 e. The molecule has 0 spiro atoms. The summed E-state index contributed by atoms with van der Waals surface area (Å²) in [5, 5.41) is 0. The zero-order chi connectivity index (χ0) is 11.8. The van der Waals surface area contributed by atoms with Crippen molar-refractivity contribution in [2.75, 3.05) is 26.2 Å². The van der Waals surface area contributed by atoms with Crippen molar-refractivity contribution in [3.63, 3.8) is 0 Å². The minimum atomic E-state index is 0.396. The minimum absolute atomic E-state index is 0.396. The molecule has 0 radical (unpaired) electrons. The number of rotatable bonds is 2. The lowest BCUT2D eigenvalue weighted by Crippen LogP contribution is -2.44. The summed E-state index contributed by atoms with van der Waals surface area (Å²) in [4.78, 5) is 2.60. The molecule has 0 aromatic rings. The van der Waals surface area contributed by atoms with E-state index in [2.05, 4.69) is 11.8 Å². The largest absolute Gasteiger partial charge is 0.377 e. The van der Waals surface area contributed by atoms with Crippen molar-refractivity contribution >= 4 is 0 Å². The summed E-state index contributed by atoms with van der Waals surface area (Å²) in [5.41, 5.74) is 6.40. The lowest BCUT2D eigenvalue weighted by Gasteiger charge is -2.33. The van der Waals surface area contributed by atoms with Gasteiger partial charge in [-0.3, -0.25) is 0 Å². The number of nitrogens with two attached hydrogens (primary N) is 1. The third-order valence-electron chi connectivity index (χ3n) is 5.16. The van der Waals surface area contributed by atoms with Crippen LogP contribution in [-0.4, -0.2) is 43.3 Å². The van der Waals surface area contributed by atoms with Crippen molar-refractivity contribution in [2.24, 2.45) is 23.5 Å². The van der Waals surface area contributed by atoms with Crippen molar-refractivity contribution in [3.05, 3.63) is 0 Å². The van der Waals surface area contributed by atoms with E-state index in [1.807, 2.05) is 0 Å². The maximum absolute atomic E-state index is 6.40. The lowest BCUT2D eigenvalue weighted by atomic mass is 9.84. The number of hydrogen-bond acceptors (Lipinski definition) is 3. The monoisotopic (exact) mass is 238 g/mol. The van der Waals surface area contributed by atoms with Crippen LogP contribution in [0.15, 0.2) is 0 Å². The Hall–Kier alpha value is -0.120. The van der Waals surface area contributed by atoms with Crippen molar-refractivity contribution in [1.82, 2.24) is 4.90 Å². The molecular formula is C14H26N2O. The number of fused-ring (bicyclic) bond motifs is 2. The van der Waals surface area contributed by atoms with Crippen LogP contribution in [0.2, 0.25) is 0 Å². The molecule has 98 valence electrons. The average Bonchev–Trinajstić information content (AvgIpc) is 2.81. The maximum atomic E-state index is 6.40. The van der Waals surface area contributed by atoms with Crippen molar-refractivity contribution in [3.8, 4) is 0 Å². The Balaban J connectivity index is 1.59. The van der Waals surface area contributed by atoms with Gasteiger partial charge in [0.2, 0.25) is 0 Å². The molecule has 0 aromatic carbocycles. The molecule has 3 nitrogen and oxygen atoms in total.